The first-order valence-electron chi connectivity index (χ1n) is 11.8. The molecule has 6 aromatic rings. The van der Waals surface area contributed by atoms with Crippen molar-refractivity contribution in [3.05, 3.63) is 145 Å². The third kappa shape index (κ3) is 4.03. The van der Waals surface area contributed by atoms with Gasteiger partial charge >= 0.3 is 0 Å². The second kappa shape index (κ2) is 9.25. The van der Waals surface area contributed by atoms with Crippen LogP contribution in [0.1, 0.15) is 0 Å². The van der Waals surface area contributed by atoms with Crippen LogP contribution in [0.2, 0.25) is 5.02 Å². The molecule has 0 amide bonds. The summed E-state index contributed by atoms with van der Waals surface area (Å²) in [5.41, 5.74) is 9.38. The van der Waals surface area contributed by atoms with Gasteiger partial charge in [0.15, 0.2) is 0 Å². The van der Waals surface area contributed by atoms with Gasteiger partial charge in [0.2, 0.25) is 0 Å². The maximum Gasteiger partial charge on any atom is 0.0484 e. The fourth-order valence-electron chi connectivity index (χ4n) is 4.92. The molecule has 0 radical (unpaired) electrons. The van der Waals surface area contributed by atoms with Gasteiger partial charge in [-0.3, -0.25) is 0 Å². The third-order valence-corrected chi connectivity index (χ3v) is 6.88. The molecule has 0 fully saturated rings. The highest BCUT2D eigenvalue weighted by atomic mass is 35.5. The molecule has 0 atom stereocenters. The van der Waals surface area contributed by atoms with E-state index in [2.05, 4.69) is 127 Å². The van der Waals surface area contributed by atoms with Gasteiger partial charge in [-0.2, -0.15) is 0 Å². The highest BCUT2D eigenvalue weighted by Crippen LogP contribution is 2.44. The third-order valence-electron chi connectivity index (χ3n) is 6.55. The van der Waals surface area contributed by atoms with Crippen molar-refractivity contribution in [2.75, 3.05) is 0 Å². The molecule has 0 aliphatic heterocycles. The molecule has 35 heavy (non-hydrogen) atoms. The maximum absolute atomic E-state index is 6.72. The zero-order valence-electron chi connectivity index (χ0n) is 19.2. The van der Waals surface area contributed by atoms with Gasteiger partial charge in [0, 0.05) is 10.6 Å². The lowest BCUT2D eigenvalue weighted by atomic mass is 9.85. The van der Waals surface area contributed by atoms with Crippen LogP contribution in [0.15, 0.2) is 140 Å². The summed E-state index contributed by atoms with van der Waals surface area (Å²) in [5, 5.41) is 3.23. The lowest BCUT2D eigenvalue weighted by molar-refractivity contribution is 1.58. The van der Waals surface area contributed by atoms with E-state index >= 15 is 0 Å². The van der Waals surface area contributed by atoms with Gasteiger partial charge in [-0.15, -0.1) is 0 Å². The van der Waals surface area contributed by atoms with E-state index in [0.717, 1.165) is 21.7 Å². The smallest absolute Gasteiger partial charge is 0.0484 e. The number of hydrogen-bond acceptors (Lipinski definition) is 0. The average molecular weight is 467 g/mol. The number of benzene rings is 6. The molecule has 0 bridgehead atoms. The largest absolute Gasteiger partial charge is 0.0837 e. The van der Waals surface area contributed by atoms with Gasteiger partial charge in [0.1, 0.15) is 0 Å². The molecule has 0 saturated carbocycles. The van der Waals surface area contributed by atoms with Gasteiger partial charge in [0.05, 0.1) is 0 Å². The second-order valence-electron chi connectivity index (χ2n) is 8.68. The number of halogens is 1. The lowest BCUT2D eigenvalue weighted by Crippen LogP contribution is -1.92. The first-order valence-corrected chi connectivity index (χ1v) is 12.2. The predicted molar refractivity (Wildman–Crippen MR) is 151 cm³/mol. The molecule has 6 aromatic carbocycles. The van der Waals surface area contributed by atoms with E-state index in [1.807, 2.05) is 12.1 Å². The molecule has 0 heterocycles. The average Bonchev–Trinajstić information content (AvgIpc) is 2.94. The van der Waals surface area contributed by atoms with Gasteiger partial charge in [-0.25, -0.2) is 0 Å². The molecule has 1 heteroatoms. The Hall–Kier alpha value is -4.13. The minimum atomic E-state index is 0.754. The van der Waals surface area contributed by atoms with Crippen molar-refractivity contribution in [1.82, 2.24) is 0 Å². The standard InChI is InChI=1S/C34H23Cl/c35-32-22-20-28(23-31(32)26-15-8-3-9-16-26)34-30(25-13-6-2-7-14-25)21-19-27-17-10-18-29(33(27)34)24-11-4-1-5-12-24/h1-23H. The summed E-state index contributed by atoms with van der Waals surface area (Å²) in [4.78, 5) is 0. The SMILES string of the molecule is Clc1ccc(-c2c(-c3ccccc3)ccc3cccc(-c4ccccc4)c23)cc1-c1ccccc1. The van der Waals surface area contributed by atoms with E-state index < -0.39 is 0 Å². The summed E-state index contributed by atoms with van der Waals surface area (Å²) in [5.74, 6) is 0. The molecule has 0 spiro atoms. The second-order valence-corrected chi connectivity index (χ2v) is 9.09. The molecule has 0 aromatic heterocycles. The minimum Gasteiger partial charge on any atom is -0.0837 e. The summed E-state index contributed by atoms with van der Waals surface area (Å²) in [6.07, 6.45) is 0. The van der Waals surface area contributed by atoms with Crippen molar-refractivity contribution in [2.24, 2.45) is 0 Å². The molecular weight excluding hydrogens is 444 g/mol. The van der Waals surface area contributed by atoms with Gasteiger partial charge in [-0.1, -0.05) is 139 Å². The Morgan fingerprint density at radius 3 is 1.57 bits per heavy atom. The predicted octanol–water partition coefficient (Wildman–Crippen LogP) is 10.2. The zero-order chi connectivity index (χ0) is 23.6. The van der Waals surface area contributed by atoms with Crippen LogP contribution in [-0.2, 0) is 0 Å². The van der Waals surface area contributed by atoms with Gasteiger partial charge in [0.25, 0.3) is 0 Å². The van der Waals surface area contributed by atoms with Crippen LogP contribution in [0, 0.1) is 0 Å². The molecule has 0 aliphatic carbocycles. The van der Waals surface area contributed by atoms with E-state index in [4.69, 9.17) is 11.6 Å². The molecule has 0 unspecified atom stereocenters. The van der Waals surface area contributed by atoms with E-state index in [-0.39, 0.29) is 0 Å². The van der Waals surface area contributed by atoms with E-state index in [1.54, 1.807) is 0 Å². The minimum absolute atomic E-state index is 0.754. The summed E-state index contributed by atoms with van der Waals surface area (Å²) < 4.78 is 0. The van der Waals surface area contributed by atoms with Crippen LogP contribution < -0.4 is 0 Å². The fraction of sp³-hybridized carbons (Fsp3) is 0. The highest BCUT2D eigenvalue weighted by Gasteiger charge is 2.17. The molecule has 6 rings (SSSR count). The van der Waals surface area contributed by atoms with Crippen molar-refractivity contribution in [3.63, 3.8) is 0 Å². The normalized spacial score (nSPS) is 11.0. The van der Waals surface area contributed by atoms with Crippen molar-refractivity contribution >= 4 is 22.4 Å². The van der Waals surface area contributed by atoms with Gasteiger partial charge in [-0.05, 0) is 61.8 Å². The Bertz CT molecular complexity index is 1620. The van der Waals surface area contributed by atoms with Crippen LogP contribution in [0.5, 0.6) is 0 Å². The van der Waals surface area contributed by atoms with E-state index in [0.29, 0.717) is 0 Å². The quantitative estimate of drug-likeness (QED) is 0.242. The summed E-state index contributed by atoms with van der Waals surface area (Å²) in [7, 11) is 0. The van der Waals surface area contributed by atoms with Crippen LogP contribution in [0.4, 0.5) is 0 Å². The van der Waals surface area contributed by atoms with E-state index in [1.165, 1.54) is 38.6 Å². The molecular formula is C34H23Cl. The van der Waals surface area contributed by atoms with Crippen molar-refractivity contribution < 1.29 is 0 Å². The lowest BCUT2D eigenvalue weighted by Gasteiger charge is -2.18. The Morgan fingerprint density at radius 2 is 0.943 bits per heavy atom. The molecule has 0 saturated heterocycles. The van der Waals surface area contributed by atoms with Crippen molar-refractivity contribution in [1.29, 1.82) is 0 Å². The number of rotatable bonds is 4. The van der Waals surface area contributed by atoms with Crippen LogP contribution in [0.25, 0.3) is 55.3 Å². The zero-order valence-corrected chi connectivity index (χ0v) is 19.9. The van der Waals surface area contributed by atoms with Crippen LogP contribution >= 0.6 is 11.6 Å². The highest BCUT2D eigenvalue weighted by molar-refractivity contribution is 6.33. The van der Waals surface area contributed by atoms with Crippen LogP contribution in [0.3, 0.4) is 0 Å². The first kappa shape index (κ1) is 21.4. The Balaban J connectivity index is 1.71. The van der Waals surface area contributed by atoms with Crippen molar-refractivity contribution in [3.8, 4) is 44.5 Å². The maximum atomic E-state index is 6.72. The summed E-state index contributed by atoms with van der Waals surface area (Å²) in [6.45, 7) is 0. The van der Waals surface area contributed by atoms with E-state index in [9.17, 15) is 0 Å². The Morgan fingerprint density at radius 1 is 0.371 bits per heavy atom. The Kier molecular flexibility index (Phi) is 5.66. The molecule has 0 N–H and O–H groups in total. The monoisotopic (exact) mass is 466 g/mol. The summed E-state index contributed by atoms with van der Waals surface area (Å²) >= 11 is 6.72. The Labute approximate surface area is 211 Å². The number of fused-ring (bicyclic) bond motifs is 1. The van der Waals surface area contributed by atoms with Crippen LogP contribution in [-0.4, -0.2) is 0 Å². The number of hydrogen-bond donors (Lipinski definition) is 0. The molecule has 0 aliphatic rings. The van der Waals surface area contributed by atoms with Gasteiger partial charge < -0.3 is 0 Å². The fourth-order valence-corrected chi connectivity index (χ4v) is 5.14. The first-order chi connectivity index (χ1) is 17.3. The van der Waals surface area contributed by atoms with Crippen molar-refractivity contribution in [2.45, 2.75) is 0 Å². The topological polar surface area (TPSA) is 0 Å². The summed E-state index contributed by atoms with van der Waals surface area (Å²) in [6, 6.07) is 49.1. The molecule has 166 valence electrons. The molecule has 0 nitrogen and oxygen atoms in total.